The maximum atomic E-state index is 12.5. The van der Waals surface area contributed by atoms with Crippen molar-refractivity contribution in [1.29, 1.82) is 5.26 Å². The van der Waals surface area contributed by atoms with Crippen molar-refractivity contribution in [2.45, 2.75) is 39.3 Å². The monoisotopic (exact) mass is 253 g/mol. The molecule has 0 aromatic rings. The normalized spacial score (nSPS) is 23.1. The van der Waals surface area contributed by atoms with Gasteiger partial charge < -0.3 is 15.0 Å². The number of hydrogen-bond donors (Lipinski definition) is 1. The van der Waals surface area contributed by atoms with E-state index in [9.17, 15) is 4.79 Å². The average Bonchev–Trinajstić information content (AvgIpc) is 2.77. The second-order valence-electron chi connectivity index (χ2n) is 4.84. The Balaban J connectivity index is 2.67. The third-order valence-corrected chi connectivity index (χ3v) is 3.23. The minimum atomic E-state index is -0.119. The van der Waals surface area contributed by atoms with Crippen LogP contribution in [0.5, 0.6) is 0 Å². The fourth-order valence-electron chi connectivity index (χ4n) is 2.27. The van der Waals surface area contributed by atoms with Crippen molar-refractivity contribution in [2.75, 3.05) is 26.3 Å². The molecule has 5 heteroatoms. The highest BCUT2D eigenvalue weighted by Gasteiger charge is 2.36. The summed E-state index contributed by atoms with van der Waals surface area (Å²) in [5.41, 5.74) is 0. The van der Waals surface area contributed by atoms with Gasteiger partial charge in [-0.25, -0.2) is 0 Å². The summed E-state index contributed by atoms with van der Waals surface area (Å²) in [5.74, 6) is -0.0188. The summed E-state index contributed by atoms with van der Waals surface area (Å²) in [6.07, 6.45) is 0.378. The Hall–Kier alpha value is -1.12. The van der Waals surface area contributed by atoms with Crippen molar-refractivity contribution in [1.82, 2.24) is 10.2 Å². The largest absolute Gasteiger partial charge is 0.379 e. The Morgan fingerprint density at radius 2 is 2.28 bits per heavy atom. The molecule has 1 fully saturated rings. The molecule has 0 aromatic heterocycles. The van der Waals surface area contributed by atoms with E-state index in [2.05, 4.69) is 11.4 Å². The topological polar surface area (TPSA) is 65.4 Å². The van der Waals surface area contributed by atoms with E-state index in [1.54, 1.807) is 4.90 Å². The predicted molar refractivity (Wildman–Crippen MR) is 68.9 cm³/mol. The molecule has 0 aromatic carbocycles. The zero-order chi connectivity index (χ0) is 13.5. The highest BCUT2D eigenvalue weighted by atomic mass is 16.5. The van der Waals surface area contributed by atoms with Gasteiger partial charge in [0.25, 0.3) is 0 Å². The molecular formula is C13H23N3O2. The number of carbonyl (C=O) groups excluding carboxylic acids is 1. The SMILES string of the molecule is CCNC1COCC1C(=O)N(CCC#N)C(C)C. The molecule has 2 atom stereocenters. The third kappa shape index (κ3) is 3.69. The number of hydrogen-bond acceptors (Lipinski definition) is 4. The average molecular weight is 253 g/mol. The first-order chi connectivity index (χ1) is 8.61. The lowest BCUT2D eigenvalue weighted by molar-refractivity contribution is -0.137. The van der Waals surface area contributed by atoms with E-state index in [0.717, 1.165) is 6.54 Å². The molecule has 0 spiro atoms. The number of nitrogens with zero attached hydrogens (tertiary/aromatic N) is 2. The molecule has 0 aliphatic carbocycles. The van der Waals surface area contributed by atoms with Gasteiger partial charge in [-0.05, 0) is 20.4 Å². The van der Waals surface area contributed by atoms with Gasteiger partial charge in [-0.15, -0.1) is 0 Å². The van der Waals surface area contributed by atoms with E-state index in [-0.39, 0.29) is 23.9 Å². The van der Waals surface area contributed by atoms with Crippen molar-refractivity contribution >= 4 is 5.91 Å². The number of amides is 1. The quantitative estimate of drug-likeness (QED) is 0.759. The van der Waals surface area contributed by atoms with Crippen LogP contribution in [0, 0.1) is 17.2 Å². The molecule has 2 unspecified atom stereocenters. The number of nitrogens with one attached hydrogen (secondary N) is 1. The molecule has 5 nitrogen and oxygen atoms in total. The maximum Gasteiger partial charge on any atom is 0.229 e. The van der Waals surface area contributed by atoms with Gasteiger partial charge in [0.15, 0.2) is 0 Å². The highest BCUT2D eigenvalue weighted by Crippen LogP contribution is 2.18. The first kappa shape index (κ1) is 14.9. The molecule has 1 aliphatic rings. The number of likely N-dealkylation sites (N-methyl/N-ethyl adjacent to an activating group) is 1. The number of carbonyl (C=O) groups is 1. The molecule has 18 heavy (non-hydrogen) atoms. The first-order valence-corrected chi connectivity index (χ1v) is 6.60. The van der Waals surface area contributed by atoms with E-state index < -0.39 is 0 Å². The van der Waals surface area contributed by atoms with Gasteiger partial charge >= 0.3 is 0 Å². The molecule has 1 amide bonds. The van der Waals surface area contributed by atoms with Gasteiger partial charge in [-0.1, -0.05) is 6.92 Å². The van der Waals surface area contributed by atoms with Crippen LogP contribution in [0.25, 0.3) is 0 Å². The Morgan fingerprint density at radius 3 is 2.83 bits per heavy atom. The summed E-state index contributed by atoms with van der Waals surface area (Å²) in [5, 5.41) is 11.9. The van der Waals surface area contributed by atoms with E-state index in [4.69, 9.17) is 10.00 Å². The van der Waals surface area contributed by atoms with Crippen LogP contribution in [-0.2, 0) is 9.53 Å². The summed E-state index contributed by atoms with van der Waals surface area (Å²) in [4.78, 5) is 14.3. The lowest BCUT2D eigenvalue weighted by atomic mass is 10.0. The van der Waals surface area contributed by atoms with E-state index in [1.807, 2.05) is 20.8 Å². The molecular weight excluding hydrogens is 230 g/mol. The van der Waals surface area contributed by atoms with E-state index >= 15 is 0 Å². The number of ether oxygens (including phenoxy) is 1. The lowest BCUT2D eigenvalue weighted by Gasteiger charge is -2.30. The Labute approximate surface area is 109 Å². The maximum absolute atomic E-state index is 12.5. The molecule has 1 aliphatic heterocycles. The smallest absolute Gasteiger partial charge is 0.229 e. The second-order valence-corrected chi connectivity index (χ2v) is 4.84. The van der Waals surface area contributed by atoms with Gasteiger partial charge in [0.05, 0.1) is 31.6 Å². The summed E-state index contributed by atoms with van der Waals surface area (Å²) < 4.78 is 5.40. The van der Waals surface area contributed by atoms with Crippen LogP contribution in [0.1, 0.15) is 27.2 Å². The summed E-state index contributed by atoms with van der Waals surface area (Å²) in [6.45, 7) is 8.39. The van der Waals surface area contributed by atoms with Gasteiger partial charge in [0.1, 0.15) is 0 Å². The van der Waals surface area contributed by atoms with Crippen LogP contribution in [0.4, 0.5) is 0 Å². The van der Waals surface area contributed by atoms with Crippen LogP contribution in [0.2, 0.25) is 0 Å². The van der Waals surface area contributed by atoms with Crippen LogP contribution in [0.15, 0.2) is 0 Å². The van der Waals surface area contributed by atoms with E-state index in [1.165, 1.54) is 0 Å². The molecule has 0 radical (unpaired) electrons. The zero-order valence-corrected chi connectivity index (χ0v) is 11.5. The van der Waals surface area contributed by atoms with Crippen LogP contribution >= 0.6 is 0 Å². The fraction of sp³-hybridized carbons (Fsp3) is 0.846. The Kier molecular flexibility index (Phi) is 6.10. The fourth-order valence-corrected chi connectivity index (χ4v) is 2.27. The minimum Gasteiger partial charge on any atom is -0.379 e. The molecule has 1 heterocycles. The third-order valence-electron chi connectivity index (χ3n) is 3.23. The second kappa shape index (κ2) is 7.34. The van der Waals surface area contributed by atoms with Crippen LogP contribution in [0.3, 0.4) is 0 Å². The zero-order valence-electron chi connectivity index (χ0n) is 11.5. The molecule has 0 bridgehead atoms. The molecule has 1 saturated heterocycles. The molecule has 102 valence electrons. The van der Waals surface area contributed by atoms with Gasteiger partial charge in [0, 0.05) is 18.6 Å². The predicted octanol–water partition coefficient (Wildman–Crippen LogP) is 0.762. The standard InChI is InChI=1S/C13H23N3O2/c1-4-15-12-9-18-8-11(12)13(17)16(10(2)3)7-5-6-14/h10-12,15H,4-5,7-9H2,1-3H3. The van der Waals surface area contributed by atoms with Crippen LogP contribution in [-0.4, -0.2) is 49.2 Å². The van der Waals surface area contributed by atoms with Crippen molar-refractivity contribution in [3.63, 3.8) is 0 Å². The highest BCUT2D eigenvalue weighted by molar-refractivity contribution is 5.80. The van der Waals surface area contributed by atoms with Crippen LogP contribution < -0.4 is 5.32 Å². The molecule has 1 rings (SSSR count). The van der Waals surface area contributed by atoms with Crippen molar-refractivity contribution in [2.24, 2.45) is 5.92 Å². The van der Waals surface area contributed by atoms with Gasteiger partial charge in [-0.2, -0.15) is 5.26 Å². The minimum absolute atomic E-state index is 0.101. The summed E-state index contributed by atoms with van der Waals surface area (Å²) in [7, 11) is 0. The van der Waals surface area contributed by atoms with Crippen molar-refractivity contribution < 1.29 is 9.53 Å². The van der Waals surface area contributed by atoms with Gasteiger partial charge in [-0.3, -0.25) is 4.79 Å². The summed E-state index contributed by atoms with van der Waals surface area (Å²) >= 11 is 0. The Morgan fingerprint density at radius 1 is 1.56 bits per heavy atom. The molecule has 0 saturated carbocycles. The number of nitriles is 1. The first-order valence-electron chi connectivity index (χ1n) is 6.60. The summed E-state index contributed by atoms with van der Waals surface area (Å²) in [6, 6.07) is 2.32. The van der Waals surface area contributed by atoms with E-state index in [0.29, 0.717) is 26.2 Å². The lowest BCUT2D eigenvalue weighted by Crippen LogP contribution is -2.48. The molecule has 1 N–H and O–H groups in total. The van der Waals surface area contributed by atoms with Crippen molar-refractivity contribution in [3.8, 4) is 6.07 Å². The van der Waals surface area contributed by atoms with Gasteiger partial charge in [0.2, 0.25) is 5.91 Å². The number of rotatable bonds is 6. The van der Waals surface area contributed by atoms with Crippen molar-refractivity contribution in [3.05, 3.63) is 0 Å². The Bertz CT molecular complexity index is 312.